The van der Waals surface area contributed by atoms with E-state index in [0.29, 0.717) is 5.56 Å². The van der Waals surface area contributed by atoms with Crippen LogP contribution in [-0.4, -0.2) is 37.1 Å². The molecule has 1 aliphatic rings. The molecule has 4 nitrogen and oxygen atoms in total. The lowest BCUT2D eigenvalue weighted by molar-refractivity contribution is -0.137. The van der Waals surface area contributed by atoms with Gasteiger partial charge in [-0.05, 0) is 50.0 Å². The molecule has 1 atom stereocenters. The maximum absolute atomic E-state index is 12.9. The van der Waals surface area contributed by atoms with Crippen molar-refractivity contribution < 1.29 is 18.0 Å². The maximum Gasteiger partial charge on any atom is 0.417 e. The SMILES string of the molecule is CN(C(=O)NCc1ccc(Cl)c(C(F)(F)F)c1)C1CCCNCC1. The Hall–Kier alpha value is -1.47. The van der Waals surface area contributed by atoms with Crippen molar-refractivity contribution in [2.75, 3.05) is 20.1 Å². The van der Waals surface area contributed by atoms with Crippen LogP contribution in [0.4, 0.5) is 18.0 Å². The lowest BCUT2D eigenvalue weighted by atomic mass is 10.1. The number of rotatable bonds is 3. The Balaban J connectivity index is 1.96. The number of alkyl halides is 3. The number of nitrogens with zero attached hydrogens (tertiary/aromatic N) is 1. The number of nitrogens with one attached hydrogen (secondary N) is 2. The first-order valence-corrected chi connectivity index (χ1v) is 8.24. The molecule has 0 radical (unpaired) electrons. The first-order valence-electron chi connectivity index (χ1n) is 7.86. The highest BCUT2D eigenvalue weighted by Crippen LogP contribution is 2.35. The molecule has 1 aromatic carbocycles. The van der Waals surface area contributed by atoms with Crippen molar-refractivity contribution in [2.45, 2.75) is 38.0 Å². The van der Waals surface area contributed by atoms with E-state index in [0.717, 1.165) is 38.4 Å². The third-order valence-corrected chi connectivity index (χ3v) is 4.52. The van der Waals surface area contributed by atoms with E-state index in [4.69, 9.17) is 11.6 Å². The molecule has 0 aromatic heterocycles. The van der Waals surface area contributed by atoms with Gasteiger partial charge in [-0.3, -0.25) is 0 Å². The molecule has 8 heteroatoms. The first kappa shape index (κ1) is 18.9. The molecule has 2 N–H and O–H groups in total. The van der Waals surface area contributed by atoms with E-state index >= 15 is 0 Å². The summed E-state index contributed by atoms with van der Waals surface area (Å²) in [6, 6.07) is 3.50. The van der Waals surface area contributed by atoms with E-state index in [1.807, 2.05) is 0 Å². The van der Waals surface area contributed by atoms with Crippen LogP contribution < -0.4 is 10.6 Å². The summed E-state index contributed by atoms with van der Waals surface area (Å²) in [4.78, 5) is 13.9. The average Bonchev–Trinajstić information content (AvgIpc) is 2.81. The molecule has 0 saturated carbocycles. The zero-order valence-corrected chi connectivity index (χ0v) is 14.2. The second-order valence-corrected chi connectivity index (χ2v) is 6.32. The van der Waals surface area contributed by atoms with E-state index in [1.165, 1.54) is 12.1 Å². The standard InChI is InChI=1S/C16H21ClF3N3O/c1-23(12-3-2-7-21-8-6-12)15(24)22-10-11-4-5-14(17)13(9-11)16(18,19)20/h4-5,9,12,21H,2-3,6-8,10H2,1H3,(H,22,24). The number of carbonyl (C=O) groups excluding carboxylic acids is 1. The topological polar surface area (TPSA) is 44.4 Å². The molecule has 0 spiro atoms. The van der Waals surface area contributed by atoms with Crippen molar-refractivity contribution in [1.82, 2.24) is 15.5 Å². The summed E-state index contributed by atoms with van der Waals surface area (Å²) >= 11 is 5.59. The monoisotopic (exact) mass is 363 g/mol. The molecule has 1 unspecified atom stereocenters. The molecule has 2 rings (SSSR count). The number of urea groups is 1. The van der Waals surface area contributed by atoms with Gasteiger partial charge in [0.05, 0.1) is 10.6 Å². The summed E-state index contributed by atoms with van der Waals surface area (Å²) in [5, 5.41) is 5.60. The van der Waals surface area contributed by atoms with Crippen molar-refractivity contribution >= 4 is 17.6 Å². The van der Waals surface area contributed by atoms with Crippen molar-refractivity contribution in [2.24, 2.45) is 0 Å². The Morgan fingerprint density at radius 1 is 1.38 bits per heavy atom. The van der Waals surface area contributed by atoms with Gasteiger partial charge in [-0.25, -0.2) is 4.79 Å². The van der Waals surface area contributed by atoms with Gasteiger partial charge < -0.3 is 15.5 Å². The predicted molar refractivity (Wildman–Crippen MR) is 87.0 cm³/mol. The molecule has 1 aromatic rings. The summed E-state index contributed by atoms with van der Waals surface area (Å²) in [5.41, 5.74) is -0.532. The van der Waals surface area contributed by atoms with Crippen LogP contribution in [-0.2, 0) is 12.7 Å². The number of hydrogen-bond donors (Lipinski definition) is 2. The van der Waals surface area contributed by atoms with Crippen LogP contribution >= 0.6 is 11.6 Å². The number of carbonyl (C=O) groups is 1. The predicted octanol–water partition coefficient (Wildman–Crippen LogP) is 3.64. The Morgan fingerprint density at radius 2 is 2.12 bits per heavy atom. The number of hydrogen-bond acceptors (Lipinski definition) is 2. The summed E-state index contributed by atoms with van der Waals surface area (Å²) in [6.07, 6.45) is -1.74. The molecule has 1 fully saturated rings. The van der Waals surface area contributed by atoms with Gasteiger partial charge in [0.2, 0.25) is 0 Å². The molecule has 2 amide bonds. The Bertz CT molecular complexity index is 572. The summed E-state index contributed by atoms with van der Waals surface area (Å²) in [5.74, 6) is 0. The minimum atomic E-state index is -4.51. The van der Waals surface area contributed by atoms with Crippen LogP contribution in [0.15, 0.2) is 18.2 Å². The fourth-order valence-electron chi connectivity index (χ4n) is 2.76. The van der Waals surface area contributed by atoms with Gasteiger partial charge >= 0.3 is 12.2 Å². The molecule has 24 heavy (non-hydrogen) atoms. The van der Waals surface area contributed by atoms with Crippen molar-refractivity contribution in [3.05, 3.63) is 34.3 Å². The van der Waals surface area contributed by atoms with Gasteiger partial charge in [-0.2, -0.15) is 13.2 Å². The van der Waals surface area contributed by atoms with E-state index in [9.17, 15) is 18.0 Å². The molecule has 134 valence electrons. The molecular weight excluding hydrogens is 343 g/mol. The van der Waals surface area contributed by atoms with Crippen molar-refractivity contribution in [3.8, 4) is 0 Å². The minimum Gasteiger partial charge on any atom is -0.334 e. The van der Waals surface area contributed by atoms with E-state index in [-0.39, 0.29) is 23.6 Å². The Morgan fingerprint density at radius 3 is 2.83 bits per heavy atom. The summed E-state index contributed by atoms with van der Waals surface area (Å²) < 4.78 is 38.6. The number of benzene rings is 1. The van der Waals surface area contributed by atoms with Gasteiger partial charge in [0.15, 0.2) is 0 Å². The van der Waals surface area contributed by atoms with Crippen LogP contribution in [0.3, 0.4) is 0 Å². The summed E-state index contributed by atoms with van der Waals surface area (Å²) in [7, 11) is 1.72. The lowest BCUT2D eigenvalue weighted by Crippen LogP contribution is -2.43. The average molecular weight is 364 g/mol. The minimum absolute atomic E-state index is 0.0222. The first-order chi connectivity index (χ1) is 11.3. The number of amides is 2. The van der Waals surface area contributed by atoms with E-state index < -0.39 is 11.7 Å². The molecule has 1 aliphatic heterocycles. The number of halogens is 4. The Labute approximate surface area is 144 Å². The molecule has 0 bridgehead atoms. The molecule has 1 heterocycles. The zero-order chi connectivity index (χ0) is 17.7. The molecule has 1 saturated heterocycles. The normalized spacial score (nSPS) is 18.8. The van der Waals surface area contributed by atoms with Gasteiger partial charge in [0.1, 0.15) is 0 Å². The van der Waals surface area contributed by atoms with Gasteiger partial charge in [0.25, 0.3) is 0 Å². The fourth-order valence-corrected chi connectivity index (χ4v) is 2.98. The van der Waals surface area contributed by atoms with Gasteiger partial charge in [-0.1, -0.05) is 17.7 Å². The highest BCUT2D eigenvalue weighted by Gasteiger charge is 2.33. The third-order valence-electron chi connectivity index (χ3n) is 4.19. The highest BCUT2D eigenvalue weighted by atomic mass is 35.5. The van der Waals surface area contributed by atoms with Crippen molar-refractivity contribution in [1.29, 1.82) is 0 Å². The van der Waals surface area contributed by atoms with Gasteiger partial charge in [-0.15, -0.1) is 0 Å². The summed E-state index contributed by atoms with van der Waals surface area (Å²) in [6.45, 7) is 1.82. The van der Waals surface area contributed by atoms with Crippen LogP contribution in [0.25, 0.3) is 0 Å². The maximum atomic E-state index is 12.9. The second-order valence-electron chi connectivity index (χ2n) is 5.92. The van der Waals surface area contributed by atoms with Crippen LogP contribution in [0.1, 0.15) is 30.4 Å². The second kappa shape index (κ2) is 8.07. The van der Waals surface area contributed by atoms with Crippen LogP contribution in [0.2, 0.25) is 5.02 Å². The molecular formula is C16H21ClF3N3O. The van der Waals surface area contributed by atoms with Crippen LogP contribution in [0.5, 0.6) is 0 Å². The van der Waals surface area contributed by atoms with Crippen molar-refractivity contribution in [3.63, 3.8) is 0 Å². The van der Waals surface area contributed by atoms with Gasteiger partial charge in [0, 0.05) is 19.6 Å². The highest BCUT2D eigenvalue weighted by molar-refractivity contribution is 6.31. The Kier molecular flexibility index (Phi) is 6.34. The largest absolute Gasteiger partial charge is 0.417 e. The lowest BCUT2D eigenvalue weighted by Gasteiger charge is -2.27. The zero-order valence-electron chi connectivity index (χ0n) is 13.4. The smallest absolute Gasteiger partial charge is 0.334 e. The van der Waals surface area contributed by atoms with Crippen LogP contribution in [0, 0.1) is 0 Å². The van der Waals surface area contributed by atoms with E-state index in [1.54, 1.807) is 11.9 Å². The van der Waals surface area contributed by atoms with E-state index in [2.05, 4.69) is 10.6 Å². The quantitative estimate of drug-likeness (QED) is 0.861. The third kappa shape index (κ3) is 5.01. The fraction of sp³-hybridized carbons (Fsp3) is 0.562. The molecule has 0 aliphatic carbocycles.